The zero-order chi connectivity index (χ0) is 16.6. The Morgan fingerprint density at radius 1 is 1.39 bits per heavy atom. The van der Waals surface area contributed by atoms with Gasteiger partial charge in [0, 0.05) is 11.6 Å². The van der Waals surface area contributed by atoms with E-state index in [-0.39, 0.29) is 23.5 Å². The minimum atomic E-state index is -3.02. The smallest absolute Gasteiger partial charge is 0.263 e. The molecular formula is C15H15ClN2O3S2. The molecule has 1 saturated heterocycles. The highest BCUT2D eigenvalue weighted by Gasteiger charge is 2.30. The van der Waals surface area contributed by atoms with Crippen molar-refractivity contribution in [1.29, 1.82) is 0 Å². The second-order valence-corrected chi connectivity index (χ2v) is 9.12. The van der Waals surface area contributed by atoms with E-state index in [1.165, 1.54) is 11.3 Å². The third-order valence-electron chi connectivity index (χ3n) is 3.67. The van der Waals surface area contributed by atoms with Crippen LogP contribution in [0, 0.1) is 6.92 Å². The van der Waals surface area contributed by atoms with E-state index in [2.05, 4.69) is 10.3 Å². The van der Waals surface area contributed by atoms with E-state index < -0.39 is 9.84 Å². The Morgan fingerprint density at radius 2 is 2.13 bits per heavy atom. The van der Waals surface area contributed by atoms with Crippen LogP contribution in [0.15, 0.2) is 24.3 Å². The van der Waals surface area contributed by atoms with Gasteiger partial charge in [-0.2, -0.15) is 0 Å². The van der Waals surface area contributed by atoms with E-state index in [4.69, 9.17) is 11.6 Å². The number of aryl methyl sites for hydroxylation is 1. The van der Waals surface area contributed by atoms with Gasteiger partial charge in [-0.3, -0.25) is 4.79 Å². The molecule has 1 unspecified atom stereocenters. The number of thiazole rings is 1. The number of benzene rings is 1. The topological polar surface area (TPSA) is 76.1 Å². The summed E-state index contributed by atoms with van der Waals surface area (Å²) >= 11 is 7.43. The van der Waals surface area contributed by atoms with Gasteiger partial charge in [-0.05, 0) is 19.4 Å². The van der Waals surface area contributed by atoms with Crippen LogP contribution in [-0.2, 0) is 9.84 Å². The van der Waals surface area contributed by atoms with E-state index in [1.54, 1.807) is 13.0 Å². The van der Waals surface area contributed by atoms with E-state index >= 15 is 0 Å². The summed E-state index contributed by atoms with van der Waals surface area (Å²) in [5, 5.41) is 4.05. The Morgan fingerprint density at radius 3 is 2.78 bits per heavy atom. The Kier molecular flexibility index (Phi) is 4.44. The van der Waals surface area contributed by atoms with Gasteiger partial charge in [0.1, 0.15) is 9.88 Å². The largest absolute Gasteiger partial charge is 0.347 e. The first-order valence-electron chi connectivity index (χ1n) is 7.09. The van der Waals surface area contributed by atoms with Crippen molar-refractivity contribution >= 4 is 38.7 Å². The van der Waals surface area contributed by atoms with Gasteiger partial charge in [-0.25, -0.2) is 13.4 Å². The van der Waals surface area contributed by atoms with E-state index in [9.17, 15) is 13.2 Å². The summed E-state index contributed by atoms with van der Waals surface area (Å²) in [5.41, 5.74) is 1.40. The number of nitrogens with zero attached hydrogens (tertiary/aromatic N) is 1. The van der Waals surface area contributed by atoms with Crippen LogP contribution in [0.4, 0.5) is 0 Å². The van der Waals surface area contributed by atoms with Crippen LogP contribution in [-0.4, -0.2) is 36.9 Å². The van der Waals surface area contributed by atoms with Crippen LogP contribution in [0.25, 0.3) is 10.6 Å². The molecule has 23 heavy (non-hydrogen) atoms. The number of amides is 1. The van der Waals surface area contributed by atoms with Crippen molar-refractivity contribution in [1.82, 2.24) is 10.3 Å². The number of rotatable bonds is 3. The Labute approximate surface area is 143 Å². The summed E-state index contributed by atoms with van der Waals surface area (Å²) in [6.07, 6.45) is 0.462. The molecule has 1 aliphatic heterocycles. The summed E-state index contributed by atoms with van der Waals surface area (Å²) in [7, 11) is -3.02. The fourth-order valence-corrected chi connectivity index (χ4v) is 5.48. The molecule has 2 heterocycles. The standard InChI is InChI=1S/C15H15ClN2O3S2/c1-9-13(14(19)18-10-6-7-23(20,21)8-10)22-15(17-9)11-4-2-3-5-12(11)16/h2-5,10H,6-8H2,1H3,(H,18,19). The lowest BCUT2D eigenvalue weighted by molar-refractivity contribution is 0.0944. The molecule has 3 rings (SSSR count). The molecule has 2 aromatic rings. The summed E-state index contributed by atoms with van der Waals surface area (Å²) in [4.78, 5) is 17.3. The first-order chi connectivity index (χ1) is 10.9. The van der Waals surface area contributed by atoms with Crippen LogP contribution in [0.5, 0.6) is 0 Å². The van der Waals surface area contributed by atoms with Crippen LogP contribution in [0.2, 0.25) is 5.02 Å². The number of carbonyl (C=O) groups is 1. The molecule has 0 aliphatic carbocycles. The Balaban J connectivity index is 1.81. The zero-order valence-corrected chi connectivity index (χ0v) is 14.8. The molecule has 1 amide bonds. The van der Waals surface area contributed by atoms with Crippen molar-refractivity contribution < 1.29 is 13.2 Å². The third kappa shape index (κ3) is 3.57. The number of sulfone groups is 1. The van der Waals surface area contributed by atoms with Crippen LogP contribution < -0.4 is 5.32 Å². The highest BCUT2D eigenvalue weighted by molar-refractivity contribution is 7.91. The van der Waals surface area contributed by atoms with Crippen LogP contribution in [0.1, 0.15) is 21.8 Å². The predicted octanol–water partition coefficient (Wildman–Crippen LogP) is 2.69. The molecule has 1 aromatic heterocycles. The summed E-state index contributed by atoms with van der Waals surface area (Å²) < 4.78 is 23.0. The first kappa shape index (κ1) is 16.4. The van der Waals surface area contributed by atoms with Crippen molar-refractivity contribution in [3.8, 4) is 10.6 Å². The molecule has 0 radical (unpaired) electrons. The lowest BCUT2D eigenvalue weighted by atomic mass is 10.2. The fourth-order valence-electron chi connectivity index (χ4n) is 2.52. The molecule has 0 saturated carbocycles. The lowest BCUT2D eigenvalue weighted by Crippen LogP contribution is -2.35. The molecule has 0 spiro atoms. The van der Waals surface area contributed by atoms with Gasteiger partial charge in [0.15, 0.2) is 9.84 Å². The van der Waals surface area contributed by atoms with Crippen molar-refractivity contribution in [3.63, 3.8) is 0 Å². The minimum absolute atomic E-state index is 0.00790. The number of halogens is 1. The highest BCUT2D eigenvalue weighted by Crippen LogP contribution is 2.32. The minimum Gasteiger partial charge on any atom is -0.347 e. The maximum Gasteiger partial charge on any atom is 0.263 e. The molecule has 1 aliphatic rings. The van der Waals surface area contributed by atoms with Crippen molar-refractivity contribution in [2.45, 2.75) is 19.4 Å². The molecule has 1 aromatic carbocycles. The maximum atomic E-state index is 12.4. The SMILES string of the molecule is Cc1nc(-c2ccccc2Cl)sc1C(=O)NC1CCS(=O)(=O)C1. The van der Waals surface area contributed by atoms with E-state index in [1.807, 2.05) is 18.2 Å². The first-order valence-corrected chi connectivity index (χ1v) is 10.1. The monoisotopic (exact) mass is 370 g/mol. The zero-order valence-electron chi connectivity index (χ0n) is 12.4. The van der Waals surface area contributed by atoms with Gasteiger partial charge in [-0.15, -0.1) is 11.3 Å². The summed E-state index contributed by atoms with van der Waals surface area (Å²) in [6.45, 7) is 1.76. The van der Waals surface area contributed by atoms with Gasteiger partial charge >= 0.3 is 0 Å². The Bertz CT molecular complexity index is 861. The van der Waals surface area contributed by atoms with Gasteiger partial charge in [0.2, 0.25) is 0 Å². The van der Waals surface area contributed by atoms with Gasteiger partial charge in [0.05, 0.1) is 22.2 Å². The molecule has 8 heteroatoms. The van der Waals surface area contributed by atoms with Gasteiger partial charge < -0.3 is 5.32 Å². The molecule has 1 atom stereocenters. The van der Waals surface area contributed by atoms with E-state index in [0.29, 0.717) is 27.0 Å². The number of hydrogen-bond donors (Lipinski definition) is 1. The molecule has 1 fully saturated rings. The quantitative estimate of drug-likeness (QED) is 0.901. The number of aromatic nitrogens is 1. The van der Waals surface area contributed by atoms with Crippen molar-refractivity contribution in [3.05, 3.63) is 39.9 Å². The molecule has 1 N–H and O–H groups in total. The van der Waals surface area contributed by atoms with E-state index in [0.717, 1.165) is 5.56 Å². The molecule has 5 nitrogen and oxygen atoms in total. The number of hydrogen-bond acceptors (Lipinski definition) is 5. The van der Waals surface area contributed by atoms with Crippen molar-refractivity contribution in [2.24, 2.45) is 0 Å². The fraction of sp³-hybridized carbons (Fsp3) is 0.333. The van der Waals surface area contributed by atoms with Crippen molar-refractivity contribution in [2.75, 3.05) is 11.5 Å². The lowest BCUT2D eigenvalue weighted by Gasteiger charge is -2.09. The van der Waals surface area contributed by atoms with Gasteiger partial charge in [0.25, 0.3) is 5.91 Å². The van der Waals surface area contributed by atoms with Crippen LogP contribution in [0.3, 0.4) is 0 Å². The average molecular weight is 371 g/mol. The number of nitrogens with one attached hydrogen (secondary N) is 1. The highest BCUT2D eigenvalue weighted by atomic mass is 35.5. The molecular weight excluding hydrogens is 356 g/mol. The summed E-state index contributed by atoms with van der Waals surface area (Å²) in [5.74, 6) is -0.140. The summed E-state index contributed by atoms with van der Waals surface area (Å²) in [6, 6.07) is 7.00. The second kappa shape index (κ2) is 6.22. The normalized spacial score (nSPS) is 19.7. The Hall–Kier alpha value is -1.44. The number of carbonyl (C=O) groups excluding carboxylic acids is 1. The van der Waals surface area contributed by atoms with Crippen LogP contribution >= 0.6 is 22.9 Å². The maximum absolute atomic E-state index is 12.4. The molecule has 0 bridgehead atoms. The molecule has 122 valence electrons. The van der Waals surface area contributed by atoms with Gasteiger partial charge in [-0.1, -0.05) is 29.8 Å². The second-order valence-electron chi connectivity index (χ2n) is 5.49. The predicted molar refractivity (Wildman–Crippen MR) is 91.8 cm³/mol. The third-order valence-corrected chi connectivity index (χ3v) is 6.96. The average Bonchev–Trinajstić information content (AvgIpc) is 3.02.